The molecular formula is C14H18O5. The smallest absolute Gasteiger partial charge is 0.338 e. The Hall–Kier alpha value is -1.43. The highest BCUT2D eigenvalue weighted by molar-refractivity contribution is 5.89. The van der Waals surface area contributed by atoms with E-state index >= 15 is 0 Å². The Labute approximate surface area is 112 Å². The van der Waals surface area contributed by atoms with Gasteiger partial charge in [-0.15, -0.1) is 0 Å². The molecule has 0 spiro atoms. The van der Waals surface area contributed by atoms with E-state index in [1.165, 1.54) is 7.11 Å². The van der Waals surface area contributed by atoms with Crippen LogP contribution in [0.25, 0.3) is 0 Å². The van der Waals surface area contributed by atoms with E-state index in [0.29, 0.717) is 12.0 Å². The van der Waals surface area contributed by atoms with E-state index in [2.05, 4.69) is 0 Å². The number of carbonyl (C=O) groups is 1. The Morgan fingerprint density at radius 1 is 1.42 bits per heavy atom. The number of methoxy groups -OCH3 is 1. The zero-order chi connectivity index (χ0) is 13.8. The second-order valence-corrected chi connectivity index (χ2v) is 4.61. The highest BCUT2D eigenvalue weighted by atomic mass is 16.7. The molecular weight excluding hydrogens is 248 g/mol. The summed E-state index contributed by atoms with van der Waals surface area (Å²) in [6.45, 7) is 1.97. The van der Waals surface area contributed by atoms with Gasteiger partial charge in [-0.05, 0) is 19.1 Å². The van der Waals surface area contributed by atoms with Crippen LogP contribution in [0, 0.1) is 6.92 Å². The lowest BCUT2D eigenvalue weighted by atomic mass is 10.1. The van der Waals surface area contributed by atoms with Crippen LogP contribution in [0.2, 0.25) is 0 Å². The number of esters is 1. The first-order valence-corrected chi connectivity index (χ1v) is 6.20. The molecule has 0 amide bonds. The maximum atomic E-state index is 11.8. The summed E-state index contributed by atoms with van der Waals surface area (Å²) in [6.07, 6.45) is -1.24. The van der Waals surface area contributed by atoms with Gasteiger partial charge in [0, 0.05) is 13.5 Å². The molecule has 19 heavy (non-hydrogen) atoms. The van der Waals surface area contributed by atoms with Gasteiger partial charge in [0.1, 0.15) is 12.7 Å². The lowest BCUT2D eigenvalue weighted by Gasteiger charge is -2.14. The number of aliphatic hydroxyl groups excluding tert-OH is 1. The predicted octanol–water partition coefficient (Wildman–Crippen LogP) is 1.27. The fraction of sp³-hybridized carbons (Fsp3) is 0.500. The molecule has 1 N–H and O–H groups in total. The average molecular weight is 266 g/mol. The first-order valence-electron chi connectivity index (χ1n) is 6.20. The SMILES string of the molecule is COC1C[C@@H](O)[C@@H](COC(=O)c2ccc(C)cc2)O1. The van der Waals surface area contributed by atoms with E-state index in [9.17, 15) is 9.90 Å². The van der Waals surface area contributed by atoms with Gasteiger partial charge in [0.25, 0.3) is 0 Å². The summed E-state index contributed by atoms with van der Waals surface area (Å²) < 4.78 is 15.5. The molecule has 0 aromatic heterocycles. The second kappa shape index (κ2) is 6.14. The second-order valence-electron chi connectivity index (χ2n) is 4.61. The Morgan fingerprint density at radius 3 is 2.68 bits per heavy atom. The first kappa shape index (κ1) is 14.0. The van der Waals surface area contributed by atoms with E-state index in [-0.39, 0.29) is 6.61 Å². The number of aryl methyl sites for hydroxylation is 1. The maximum Gasteiger partial charge on any atom is 0.338 e. The lowest BCUT2D eigenvalue weighted by Crippen LogP contribution is -2.28. The van der Waals surface area contributed by atoms with Gasteiger partial charge in [0.05, 0.1) is 11.7 Å². The van der Waals surface area contributed by atoms with Crippen molar-refractivity contribution in [3.05, 3.63) is 35.4 Å². The monoisotopic (exact) mass is 266 g/mol. The lowest BCUT2D eigenvalue weighted by molar-refractivity contribution is -0.128. The molecule has 5 heteroatoms. The Kier molecular flexibility index (Phi) is 4.52. The standard InChI is InChI=1S/C14H18O5/c1-9-3-5-10(6-4-9)14(16)18-8-12-11(15)7-13(17-2)19-12/h3-6,11-13,15H,7-8H2,1-2H3/t11-,12-,13?/m1/s1. The van der Waals surface area contributed by atoms with E-state index in [4.69, 9.17) is 14.2 Å². The van der Waals surface area contributed by atoms with Crippen molar-refractivity contribution in [3.8, 4) is 0 Å². The Balaban J connectivity index is 1.85. The molecule has 0 bridgehead atoms. The van der Waals surface area contributed by atoms with Gasteiger partial charge in [0.15, 0.2) is 6.29 Å². The summed E-state index contributed by atoms with van der Waals surface area (Å²) in [5, 5.41) is 9.71. The van der Waals surface area contributed by atoms with Crippen LogP contribution in [0.4, 0.5) is 0 Å². The summed E-state index contributed by atoms with van der Waals surface area (Å²) in [4.78, 5) is 11.8. The fourth-order valence-electron chi connectivity index (χ4n) is 1.92. The van der Waals surface area contributed by atoms with E-state index in [1.54, 1.807) is 12.1 Å². The van der Waals surface area contributed by atoms with Crippen molar-refractivity contribution in [3.63, 3.8) is 0 Å². The van der Waals surface area contributed by atoms with E-state index in [0.717, 1.165) is 5.56 Å². The molecule has 1 aromatic rings. The van der Waals surface area contributed by atoms with Crippen molar-refractivity contribution in [2.45, 2.75) is 31.8 Å². The number of aliphatic hydroxyl groups is 1. The number of hydrogen-bond acceptors (Lipinski definition) is 5. The van der Waals surface area contributed by atoms with Crippen LogP contribution in [0.15, 0.2) is 24.3 Å². The van der Waals surface area contributed by atoms with Crippen molar-refractivity contribution in [1.82, 2.24) is 0 Å². The average Bonchev–Trinajstić information content (AvgIpc) is 2.77. The molecule has 0 saturated carbocycles. The third-order valence-corrected chi connectivity index (χ3v) is 3.12. The minimum absolute atomic E-state index is 0.0216. The summed E-state index contributed by atoms with van der Waals surface area (Å²) in [7, 11) is 1.51. The zero-order valence-electron chi connectivity index (χ0n) is 11.0. The van der Waals surface area contributed by atoms with Crippen molar-refractivity contribution in [2.24, 2.45) is 0 Å². The molecule has 2 rings (SSSR count). The van der Waals surface area contributed by atoms with E-state index in [1.807, 2.05) is 19.1 Å². The Bertz CT molecular complexity index is 428. The minimum Gasteiger partial charge on any atom is -0.459 e. The summed E-state index contributed by atoms with van der Waals surface area (Å²) >= 11 is 0. The Morgan fingerprint density at radius 2 is 2.11 bits per heavy atom. The minimum atomic E-state index is -0.671. The van der Waals surface area contributed by atoms with Crippen LogP contribution < -0.4 is 0 Å². The molecule has 1 heterocycles. The van der Waals surface area contributed by atoms with Gasteiger partial charge in [-0.2, -0.15) is 0 Å². The third kappa shape index (κ3) is 3.53. The summed E-state index contributed by atoms with van der Waals surface area (Å²) in [5.74, 6) is -0.420. The van der Waals surface area contributed by atoms with Crippen LogP contribution in [0.1, 0.15) is 22.3 Å². The third-order valence-electron chi connectivity index (χ3n) is 3.12. The number of ether oxygens (including phenoxy) is 3. The molecule has 1 aromatic carbocycles. The van der Waals surface area contributed by atoms with Gasteiger partial charge < -0.3 is 19.3 Å². The summed E-state index contributed by atoms with van der Waals surface area (Å²) in [5.41, 5.74) is 1.57. The van der Waals surface area contributed by atoms with Crippen molar-refractivity contribution in [2.75, 3.05) is 13.7 Å². The molecule has 1 fully saturated rings. The molecule has 1 saturated heterocycles. The molecule has 3 atom stereocenters. The molecule has 1 aliphatic heterocycles. The van der Waals surface area contributed by atoms with Crippen molar-refractivity contribution in [1.29, 1.82) is 0 Å². The molecule has 1 aliphatic rings. The molecule has 0 radical (unpaired) electrons. The van der Waals surface area contributed by atoms with Gasteiger partial charge in [-0.25, -0.2) is 4.79 Å². The van der Waals surface area contributed by atoms with Crippen LogP contribution in [-0.4, -0.2) is 43.3 Å². The normalized spacial score (nSPS) is 26.4. The van der Waals surface area contributed by atoms with Gasteiger partial charge >= 0.3 is 5.97 Å². The number of carbonyl (C=O) groups excluding carboxylic acids is 1. The fourth-order valence-corrected chi connectivity index (χ4v) is 1.92. The van der Waals surface area contributed by atoms with Crippen molar-refractivity contribution >= 4 is 5.97 Å². The topological polar surface area (TPSA) is 65.0 Å². The maximum absolute atomic E-state index is 11.8. The van der Waals surface area contributed by atoms with E-state index < -0.39 is 24.5 Å². The number of benzene rings is 1. The summed E-state index contributed by atoms with van der Waals surface area (Å²) in [6, 6.07) is 7.11. The van der Waals surface area contributed by atoms with Crippen molar-refractivity contribution < 1.29 is 24.1 Å². The predicted molar refractivity (Wildman–Crippen MR) is 67.8 cm³/mol. The molecule has 5 nitrogen and oxygen atoms in total. The molecule has 104 valence electrons. The van der Waals surface area contributed by atoms with Crippen LogP contribution in [-0.2, 0) is 14.2 Å². The highest BCUT2D eigenvalue weighted by Crippen LogP contribution is 2.21. The molecule has 1 unspecified atom stereocenters. The first-order chi connectivity index (χ1) is 9.10. The molecule has 0 aliphatic carbocycles. The van der Waals surface area contributed by atoms with Gasteiger partial charge in [-0.1, -0.05) is 17.7 Å². The zero-order valence-corrected chi connectivity index (χ0v) is 11.0. The van der Waals surface area contributed by atoms with Gasteiger partial charge in [-0.3, -0.25) is 0 Å². The van der Waals surface area contributed by atoms with Crippen LogP contribution in [0.5, 0.6) is 0 Å². The number of hydrogen-bond donors (Lipinski definition) is 1. The van der Waals surface area contributed by atoms with Crippen LogP contribution in [0.3, 0.4) is 0 Å². The highest BCUT2D eigenvalue weighted by Gasteiger charge is 2.34. The quantitative estimate of drug-likeness (QED) is 0.831. The van der Waals surface area contributed by atoms with Crippen LogP contribution >= 0.6 is 0 Å². The van der Waals surface area contributed by atoms with Gasteiger partial charge in [0.2, 0.25) is 0 Å². The largest absolute Gasteiger partial charge is 0.459 e. The number of rotatable bonds is 4.